The van der Waals surface area contributed by atoms with Gasteiger partial charge in [0.15, 0.2) is 12.4 Å². The van der Waals surface area contributed by atoms with E-state index in [1.165, 1.54) is 12.1 Å². The topological polar surface area (TPSA) is 175 Å². The molecule has 3 rings (SSSR count). The number of carbonyl (C=O) groups excluding carboxylic acids is 1. The molecule has 30 heavy (non-hydrogen) atoms. The van der Waals surface area contributed by atoms with Crippen LogP contribution in [0.15, 0.2) is 30.3 Å². The van der Waals surface area contributed by atoms with Gasteiger partial charge < -0.3 is 49.6 Å². The fourth-order valence-corrected chi connectivity index (χ4v) is 3.38. The van der Waals surface area contributed by atoms with Gasteiger partial charge in [0.1, 0.15) is 42.7 Å². The van der Waals surface area contributed by atoms with Crippen LogP contribution in [0.25, 0.3) is 0 Å². The minimum Gasteiger partial charge on any atom is -0.453 e. The van der Waals surface area contributed by atoms with Gasteiger partial charge in [-0.2, -0.15) is 0 Å². The first-order chi connectivity index (χ1) is 14.4. The van der Waals surface area contributed by atoms with Crippen LogP contribution in [0.5, 0.6) is 0 Å². The van der Waals surface area contributed by atoms with Crippen LogP contribution < -0.4 is 0 Å². The van der Waals surface area contributed by atoms with Crippen molar-refractivity contribution in [2.24, 2.45) is 0 Å². The number of aliphatic hydroxyl groups excluding tert-OH is 6. The molecule has 2 aliphatic rings. The zero-order valence-electron chi connectivity index (χ0n) is 15.9. The van der Waals surface area contributed by atoms with Gasteiger partial charge in [-0.05, 0) is 12.1 Å². The van der Waals surface area contributed by atoms with Gasteiger partial charge in [-0.25, -0.2) is 4.79 Å². The van der Waals surface area contributed by atoms with Crippen LogP contribution in [0.1, 0.15) is 10.4 Å². The van der Waals surface area contributed by atoms with Crippen LogP contribution in [-0.4, -0.2) is 112 Å². The van der Waals surface area contributed by atoms with Crippen molar-refractivity contribution in [3.8, 4) is 0 Å². The lowest BCUT2D eigenvalue weighted by molar-refractivity contribution is -0.331. The molecule has 9 atom stereocenters. The van der Waals surface area contributed by atoms with E-state index < -0.39 is 74.3 Å². The molecule has 2 saturated heterocycles. The molecule has 0 spiro atoms. The quantitative estimate of drug-likeness (QED) is 0.256. The van der Waals surface area contributed by atoms with Crippen molar-refractivity contribution in [3.63, 3.8) is 0 Å². The Balaban J connectivity index is 1.71. The lowest BCUT2D eigenvalue weighted by Gasteiger charge is -2.44. The van der Waals surface area contributed by atoms with Crippen molar-refractivity contribution in [2.45, 2.75) is 55.1 Å². The summed E-state index contributed by atoms with van der Waals surface area (Å²) in [4.78, 5) is 12.4. The largest absolute Gasteiger partial charge is 0.453 e. The molecule has 0 radical (unpaired) electrons. The molecule has 1 aromatic rings. The molecule has 1 aromatic carbocycles. The summed E-state index contributed by atoms with van der Waals surface area (Å²) in [5.41, 5.74) is 0.190. The summed E-state index contributed by atoms with van der Waals surface area (Å²) < 4.78 is 21.3. The van der Waals surface area contributed by atoms with Gasteiger partial charge in [0.05, 0.1) is 25.4 Å². The molecular formula is C19H26O11. The number of ether oxygens (including phenoxy) is 4. The van der Waals surface area contributed by atoms with E-state index in [1.807, 2.05) is 0 Å². The second kappa shape index (κ2) is 10.1. The normalized spacial score (nSPS) is 39.5. The predicted molar refractivity (Wildman–Crippen MR) is 97.1 cm³/mol. The summed E-state index contributed by atoms with van der Waals surface area (Å²) >= 11 is 0. The Morgan fingerprint density at radius 1 is 0.933 bits per heavy atom. The third kappa shape index (κ3) is 4.80. The van der Waals surface area contributed by atoms with Crippen molar-refractivity contribution in [1.29, 1.82) is 0 Å². The molecule has 0 aliphatic carbocycles. The molecular weight excluding hydrogens is 404 g/mol. The van der Waals surface area contributed by atoms with E-state index >= 15 is 0 Å². The third-order valence-electron chi connectivity index (χ3n) is 5.15. The number of aliphatic hydroxyl groups is 6. The van der Waals surface area contributed by atoms with Crippen LogP contribution in [0.2, 0.25) is 0 Å². The summed E-state index contributed by atoms with van der Waals surface area (Å²) in [6.45, 7) is -1.40. The third-order valence-corrected chi connectivity index (χ3v) is 5.15. The van der Waals surface area contributed by atoms with E-state index in [0.29, 0.717) is 0 Å². The Kier molecular flexibility index (Phi) is 7.74. The highest BCUT2D eigenvalue weighted by Crippen LogP contribution is 2.28. The van der Waals surface area contributed by atoms with Crippen molar-refractivity contribution in [3.05, 3.63) is 35.9 Å². The minimum atomic E-state index is -1.67. The Morgan fingerprint density at radius 3 is 2.23 bits per heavy atom. The Hall–Kier alpha value is -1.67. The minimum absolute atomic E-state index is 0.190. The lowest BCUT2D eigenvalue weighted by Crippen LogP contribution is -2.63. The summed E-state index contributed by atoms with van der Waals surface area (Å²) in [5.74, 6) is -0.807. The van der Waals surface area contributed by atoms with E-state index in [4.69, 9.17) is 24.1 Å². The first-order valence-electron chi connectivity index (χ1n) is 9.50. The van der Waals surface area contributed by atoms with Crippen LogP contribution in [0.3, 0.4) is 0 Å². The molecule has 2 aliphatic heterocycles. The smallest absolute Gasteiger partial charge is 0.338 e. The molecule has 2 heterocycles. The van der Waals surface area contributed by atoms with Gasteiger partial charge in [0.25, 0.3) is 0 Å². The number of rotatable bonds is 6. The lowest BCUT2D eigenvalue weighted by atomic mass is 9.97. The molecule has 0 amide bonds. The molecule has 0 bridgehead atoms. The van der Waals surface area contributed by atoms with Crippen molar-refractivity contribution in [1.82, 2.24) is 0 Å². The molecule has 168 valence electrons. The van der Waals surface area contributed by atoms with Crippen LogP contribution in [-0.2, 0) is 18.9 Å². The fourth-order valence-electron chi connectivity index (χ4n) is 3.38. The van der Waals surface area contributed by atoms with Gasteiger partial charge >= 0.3 is 5.97 Å². The average Bonchev–Trinajstić information content (AvgIpc) is 2.76. The van der Waals surface area contributed by atoms with Gasteiger partial charge in [-0.1, -0.05) is 18.2 Å². The maximum absolute atomic E-state index is 12.4. The summed E-state index contributed by atoms with van der Waals surface area (Å²) in [5, 5.41) is 59.8. The van der Waals surface area contributed by atoms with Crippen molar-refractivity contribution < 1.29 is 54.4 Å². The van der Waals surface area contributed by atoms with E-state index in [0.717, 1.165) is 0 Å². The van der Waals surface area contributed by atoms with Crippen LogP contribution in [0.4, 0.5) is 0 Å². The molecule has 6 N–H and O–H groups in total. The zero-order chi connectivity index (χ0) is 21.8. The maximum atomic E-state index is 12.4. The standard InChI is InChI=1S/C19H26O11/c20-6-10-13(22)14(23)12(8-27-10)29-19-16(25)17(15(24)11(7-21)28-19)30-18(26)9-4-2-1-3-5-9/h1-5,10-17,19-25H,6-8H2/t10-,11?,12?,13+,14?,15?,16?,17?,19?/m0/s1. The van der Waals surface area contributed by atoms with Crippen molar-refractivity contribution >= 4 is 5.97 Å². The highest BCUT2D eigenvalue weighted by Gasteiger charge is 2.49. The summed E-state index contributed by atoms with van der Waals surface area (Å²) in [6, 6.07) is 7.92. The van der Waals surface area contributed by atoms with Gasteiger partial charge in [0, 0.05) is 0 Å². The number of hydrogen-bond acceptors (Lipinski definition) is 11. The maximum Gasteiger partial charge on any atom is 0.338 e. The number of benzene rings is 1. The van der Waals surface area contributed by atoms with E-state index in [9.17, 15) is 30.3 Å². The molecule has 11 nitrogen and oxygen atoms in total. The summed E-state index contributed by atoms with van der Waals surface area (Å²) in [6.07, 6.45) is -12.5. The van der Waals surface area contributed by atoms with E-state index in [1.54, 1.807) is 18.2 Å². The highest BCUT2D eigenvalue weighted by atomic mass is 16.7. The van der Waals surface area contributed by atoms with Crippen LogP contribution >= 0.6 is 0 Å². The predicted octanol–water partition coefficient (Wildman–Crippen LogP) is -2.85. The Bertz CT molecular complexity index is 686. The Labute approximate surface area is 172 Å². The van der Waals surface area contributed by atoms with E-state index in [-0.39, 0.29) is 12.2 Å². The van der Waals surface area contributed by atoms with Gasteiger partial charge in [0.2, 0.25) is 0 Å². The number of esters is 1. The zero-order valence-corrected chi connectivity index (χ0v) is 15.9. The Morgan fingerprint density at radius 2 is 1.60 bits per heavy atom. The summed E-state index contributed by atoms with van der Waals surface area (Å²) in [7, 11) is 0. The molecule has 7 unspecified atom stereocenters. The molecule has 0 aromatic heterocycles. The second-order valence-corrected chi connectivity index (χ2v) is 7.15. The monoisotopic (exact) mass is 430 g/mol. The average molecular weight is 430 g/mol. The SMILES string of the molecule is O=C(OC1C(O)C(CO)OC(OC2CO[C@@H](CO)[C@@H](O)C2O)C1O)c1ccccc1. The fraction of sp³-hybridized carbons (Fsp3) is 0.632. The molecule has 2 fully saturated rings. The van der Waals surface area contributed by atoms with Crippen LogP contribution in [0, 0.1) is 0 Å². The highest BCUT2D eigenvalue weighted by molar-refractivity contribution is 5.89. The van der Waals surface area contributed by atoms with E-state index in [2.05, 4.69) is 0 Å². The van der Waals surface area contributed by atoms with Crippen molar-refractivity contribution in [2.75, 3.05) is 19.8 Å². The first kappa shape index (κ1) is 23.0. The second-order valence-electron chi connectivity index (χ2n) is 7.15. The van der Waals surface area contributed by atoms with Gasteiger partial charge in [-0.3, -0.25) is 0 Å². The number of carbonyl (C=O) groups is 1. The molecule has 0 saturated carbocycles. The molecule has 11 heteroatoms. The first-order valence-corrected chi connectivity index (χ1v) is 9.50. The van der Waals surface area contributed by atoms with Gasteiger partial charge in [-0.15, -0.1) is 0 Å². The number of hydrogen-bond donors (Lipinski definition) is 6.